The number of rotatable bonds is 5. The third kappa shape index (κ3) is 3.37. The third-order valence-corrected chi connectivity index (χ3v) is 5.32. The quantitative estimate of drug-likeness (QED) is 0.813. The summed E-state index contributed by atoms with van der Waals surface area (Å²) >= 11 is 0. The van der Waals surface area contributed by atoms with Crippen molar-refractivity contribution in [1.29, 1.82) is 0 Å². The van der Waals surface area contributed by atoms with Crippen molar-refractivity contribution in [3.63, 3.8) is 0 Å². The second kappa shape index (κ2) is 6.74. The van der Waals surface area contributed by atoms with Gasteiger partial charge in [0.25, 0.3) is 0 Å². The van der Waals surface area contributed by atoms with Gasteiger partial charge in [-0.15, -0.1) is 0 Å². The molecule has 1 aromatic carbocycles. The first kappa shape index (κ1) is 16.2. The van der Waals surface area contributed by atoms with Crippen molar-refractivity contribution >= 4 is 5.78 Å². The van der Waals surface area contributed by atoms with Crippen LogP contribution in [0, 0.1) is 13.8 Å². The molecule has 0 bridgehead atoms. The van der Waals surface area contributed by atoms with Crippen molar-refractivity contribution in [2.24, 2.45) is 0 Å². The number of benzene rings is 1. The molecule has 116 valence electrons. The molecule has 0 spiro atoms. The minimum Gasteiger partial charge on any atom is -0.297 e. The van der Waals surface area contributed by atoms with Gasteiger partial charge in [-0.25, -0.2) is 0 Å². The predicted octanol–water partition coefficient (Wildman–Crippen LogP) is 4.07. The number of likely N-dealkylation sites (tertiary alicyclic amines) is 1. The zero-order valence-corrected chi connectivity index (χ0v) is 14.0. The predicted molar refractivity (Wildman–Crippen MR) is 88.7 cm³/mol. The van der Waals surface area contributed by atoms with E-state index in [2.05, 4.69) is 50.8 Å². The maximum Gasteiger partial charge on any atom is 0.157 e. The lowest BCUT2D eigenvalue weighted by Crippen LogP contribution is -2.54. The lowest BCUT2D eigenvalue weighted by molar-refractivity contribution is -0.130. The van der Waals surface area contributed by atoms with Gasteiger partial charge in [-0.3, -0.25) is 9.69 Å². The molecule has 1 aromatic rings. The van der Waals surface area contributed by atoms with E-state index in [1.165, 1.54) is 36.0 Å². The second-order valence-electron chi connectivity index (χ2n) is 6.65. The van der Waals surface area contributed by atoms with Gasteiger partial charge in [-0.1, -0.05) is 31.5 Å². The van der Waals surface area contributed by atoms with E-state index in [9.17, 15) is 4.79 Å². The largest absolute Gasteiger partial charge is 0.297 e. The molecule has 1 atom stereocenters. The third-order valence-electron chi connectivity index (χ3n) is 5.32. The van der Waals surface area contributed by atoms with Crippen LogP contribution in [0.1, 0.15) is 56.2 Å². The first-order valence-corrected chi connectivity index (χ1v) is 8.32. The highest BCUT2D eigenvalue weighted by Crippen LogP contribution is 2.27. The van der Waals surface area contributed by atoms with Crippen LogP contribution in [0.2, 0.25) is 0 Å². The molecule has 1 heterocycles. The Balaban J connectivity index is 2.20. The van der Waals surface area contributed by atoms with Gasteiger partial charge in [0.05, 0.1) is 5.54 Å². The average molecular weight is 287 g/mol. The van der Waals surface area contributed by atoms with Crippen LogP contribution in [-0.4, -0.2) is 29.3 Å². The first-order valence-electron chi connectivity index (χ1n) is 8.32. The molecule has 1 saturated heterocycles. The molecule has 1 unspecified atom stereocenters. The van der Waals surface area contributed by atoms with Gasteiger partial charge < -0.3 is 0 Å². The zero-order chi connectivity index (χ0) is 15.5. The first-order chi connectivity index (χ1) is 9.99. The van der Waals surface area contributed by atoms with Crippen LogP contribution in [0.4, 0.5) is 0 Å². The van der Waals surface area contributed by atoms with Gasteiger partial charge >= 0.3 is 0 Å². The number of carbonyl (C=O) groups excluding carboxylic acids is 1. The van der Waals surface area contributed by atoms with E-state index in [0.29, 0.717) is 12.2 Å². The van der Waals surface area contributed by atoms with E-state index < -0.39 is 0 Å². The lowest BCUT2D eigenvalue weighted by Gasteiger charge is -2.42. The number of aryl methyl sites for hydroxylation is 2. The summed E-state index contributed by atoms with van der Waals surface area (Å²) in [7, 11) is 0. The minimum atomic E-state index is -0.296. The number of hydrogen-bond donors (Lipinski definition) is 0. The fourth-order valence-corrected chi connectivity index (χ4v) is 3.46. The summed E-state index contributed by atoms with van der Waals surface area (Å²) in [5.41, 5.74) is 3.40. The summed E-state index contributed by atoms with van der Waals surface area (Å²) in [4.78, 5) is 15.5. The molecule has 1 aliphatic heterocycles. The monoisotopic (exact) mass is 287 g/mol. The van der Waals surface area contributed by atoms with E-state index in [1.54, 1.807) is 0 Å². The smallest absolute Gasteiger partial charge is 0.157 e. The normalized spacial score (nSPS) is 19.2. The van der Waals surface area contributed by atoms with Gasteiger partial charge in [0.15, 0.2) is 5.78 Å². The van der Waals surface area contributed by atoms with Crippen molar-refractivity contribution in [2.45, 2.75) is 65.3 Å². The number of nitrogens with zero attached hydrogens (tertiary/aromatic N) is 1. The van der Waals surface area contributed by atoms with Crippen molar-refractivity contribution in [1.82, 2.24) is 4.90 Å². The van der Waals surface area contributed by atoms with E-state index >= 15 is 0 Å². The Morgan fingerprint density at radius 2 is 1.71 bits per heavy atom. The molecule has 2 rings (SSSR count). The lowest BCUT2D eigenvalue weighted by atomic mass is 9.84. The van der Waals surface area contributed by atoms with E-state index in [-0.39, 0.29) is 5.54 Å². The van der Waals surface area contributed by atoms with Crippen molar-refractivity contribution in [3.05, 3.63) is 34.9 Å². The Kier molecular flexibility index (Phi) is 5.21. The maximum absolute atomic E-state index is 13.0. The van der Waals surface area contributed by atoms with Crippen LogP contribution in [0.3, 0.4) is 0 Å². The van der Waals surface area contributed by atoms with Crippen LogP contribution in [0.15, 0.2) is 18.2 Å². The van der Waals surface area contributed by atoms with E-state index in [4.69, 9.17) is 0 Å². The summed E-state index contributed by atoms with van der Waals surface area (Å²) in [6.45, 7) is 10.7. The molecule has 1 aliphatic rings. The topological polar surface area (TPSA) is 20.3 Å². The molecule has 21 heavy (non-hydrogen) atoms. The minimum absolute atomic E-state index is 0.296. The van der Waals surface area contributed by atoms with Crippen molar-refractivity contribution in [3.8, 4) is 0 Å². The molecular formula is C19H29NO. The summed E-state index contributed by atoms with van der Waals surface area (Å²) in [5.74, 6) is 0.379. The van der Waals surface area contributed by atoms with Gasteiger partial charge in [0, 0.05) is 6.42 Å². The Hall–Kier alpha value is -1.15. The molecule has 0 aliphatic carbocycles. The van der Waals surface area contributed by atoms with Crippen LogP contribution < -0.4 is 0 Å². The highest BCUT2D eigenvalue weighted by atomic mass is 16.1. The molecule has 2 nitrogen and oxygen atoms in total. The Labute approximate surface area is 129 Å². The highest BCUT2D eigenvalue weighted by Gasteiger charge is 2.37. The number of piperidine rings is 1. The molecule has 0 saturated carbocycles. The second-order valence-corrected chi connectivity index (χ2v) is 6.65. The Bertz CT molecular complexity index is 482. The highest BCUT2D eigenvalue weighted by molar-refractivity contribution is 5.90. The molecule has 1 fully saturated rings. The fraction of sp³-hybridized carbons (Fsp3) is 0.632. The fourth-order valence-electron chi connectivity index (χ4n) is 3.46. The van der Waals surface area contributed by atoms with Crippen molar-refractivity contribution < 1.29 is 4.79 Å². The maximum atomic E-state index is 13.0. The number of carbonyl (C=O) groups is 1. The molecular weight excluding hydrogens is 258 g/mol. The molecule has 0 aromatic heterocycles. The SMILES string of the molecule is CCC(C)(C(=O)Cc1c(C)cccc1C)N1CCCCC1. The number of ketones is 1. The Morgan fingerprint density at radius 1 is 1.14 bits per heavy atom. The zero-order valence-electron chi connectivity index (χ0n) is 14.0. The Morgan fingerprint density at radius 3 is 2.24 bits per heavy atom. The molecule has 0 radical (unpaired) electrons. The summed E-state index contributed by atoms with van der Waals surface area (Å²) in [6, 6.07) is 6.29. The van der Waals surface area contributed by atoms with Gasteiger partial charge in [-0.05, 0) is 69.8 Å². The van der Waals surface area contributed by atoms with Gasteiger partial charge in [0.1, 0.15) is 0 Å². The molecule has 2 heteroatoms. The van der Waals surface area contributed by atoms with Crippen LogP contribution in [0.5, 0.6) is 0 Å². The number of hydrogen-bond acceptors (Lipinski definition) is 2. The van der Waals surface area contributed by atoms with Gasteiger partial charge in [-0.2, -0.15) is 0 Å². The number of Topliss-reactive ketones (excluding diaryl/α,β-unsaturated/α-hetero) is 1. The van der Waals surface area contributed by atoms with Crippen LogP contribution in [0.25, 0.3) is 0 Å². The van der Waals surface area contributed by atoms with Crippen LogP contribution in [-0.2, 0) is 11.2 Å². The van der Waals surface area contributed by atoms with E-state index in [0.717, 1.165) is 19.5 Å². The summed E-state index contributed by atoms with van der Waals surface area (Å²) < 4.78 is 0. The standard InChI is InChI=1S/C19H29NO/c1-5-19(4,20-12-7-6-8-13-20)18(21)14-17-15(2)10-9-11-16(17)3/h9-11H,5-8,12-14H2,1-4H3. The summed E-state index contributed by atoms with van der Waals surface area (Å²) in [6.07, 6.45) is 5.23. The molecule has 0 amide bonds. The van der Waals surface area contributed by atoms with Gasteiger partial charge in [0.2, 0.25) is 0 Å². The van der Waals surface area contributed by atoms with E-state index in [1.807, 2.05) is 0 Å². The summed E-state index contributed by atoms with van der Waals surface area (Å²) in [5, 5.41) is 0. The van der Waals surface area contributed by atoms with Crippen molar-refractivity contribution in [2.75, 3.05) is 13.1 Å². The van der Waals surface area contributed by atoms with Crippen LogP contribution >= 0.6 is 0 Å². The average Bonchev–Trinajstić information content (AvgIpc) is 2.51. The molecule has 0 N–H and O–H groups in total.